The first kappa shape index (κ1) is 9.20. The average Bonchev–Trinajstić information content (AvgIpc) is 2.09. The van der Waals surface area contributed by atoms with Crippen LogP contribution in [0.15, 0.2) is 0 Å². The Morgan fingerprint density at radius 2 is 2.08 bits per heavy atom. The fourth-order valence-electron chi connectivity index (χ4n) is 2.93. The Labute approximate surface area is 79.3 Å². The molecule has 0 aliphatic heterocycles. The molecule has 2 heteroatoms. The van der Waals surface area contributed by atoms with Gasteiger partial charge in [0.2, 0.25) is 0 Å². The molecule has 2 saturated carbocycles. The lowest BCUT2D eigenvalue weighted by atomic mass is 9.56. The number of hydrogen-bond acceptors (Lipinski definition) is 2. The Bertz CT molecular complexity index is 236. The van der Waals surface area contributed by atoms with Gasteiger partial charge in [0.25, 0.3) is 0 Å². The summed E-state index contributed by atoms with van der Waals surface area (Å²) in [6, 6.07) is 0. The van der Waals surface area contributed by atoms with Crippen LogP contribution in [0.1, 0.15) is 39.5 Å². The van der Waals surface area contributed by atoms with Gasteiger partial charge in [-0.1, -0.05) is 13.8 Å². The van der Waals surface area contributed by atoms with Gasteiger partial charge in [0.15, 0.2) is 0 Å². The predicted molar refractivity (Wildman–Crippen MR) is 50.2 cm³/mol. The third kappa shape index (κ3) is 1.15. The molecule has 0 amide bonds. The quantitative estimate of drug-likeness (QED) is 0.620. The molecule has 0 heterocycles. The fraction of sp³-hybridized carbons (Fsp3) is 0.909. The van der Waals surface area contributed by atoms with Crippen LogP contribution in [0.4, 0.5) is 0 Å². The molecule has 2 bridgehead atoms. The van der Waals surface area contributed by atoms with Crippen molar-refractivity contribution in [3.8, 4) is 0 Å². The summed E-state index contributed by atoms with van der Waals surface area (Å²) in [6.45, 7) is 4.25. The molecule has 0 aromatic rings. The average molecular weight is 182 g/mol. The number of hydrogen-bond donors (Lipinski definition) is 1. The highest BCUT2D eigenvalue weighted by Crippen LogP contribution is 2.49. The summed E-state index contributed by atoms with van der Waals surface area (Å²) in [5, 5.41) is 9.67. The lowest BCUT2D eigenvalue weighted by Crippen LogP contribution is -2.51. The van der Waals surface area contributed by atoms with Crippen LogP contribution in [0.3, 0.4) is 0 Å². The van der Waals surface area contributed by atoms with Crippen LogP contribution in [0, 0.1) is 17.3 Å². The molecule has 0 aromatic carbocycles. The van der Waals surface area contributed by atoms with E-state index in [0.717, 1.165) is 25.7 Å². The Kier molecular flexibility index (Phi) is 1.99. The number of carbonyl (C=O) groups is 1. The fourth-order valence-corrected chi connectivity index (χ4v) is 2.93. The van der Waals surface area contributed by atoms with Gasteiger partial charge in [-0.25, -0.2) is 0 Å². The largest absolute Gasteiger partial charge is 0.392 e. The van der Waals surface area contributed by atoms with Crippen molar-refractivity contribution in [3.63, 3.8) is 0 Å². The lowest BCUT2D eigenvalue weighted by Gasteiger charge is -2.47. The third-order valence-electron chi connectivity index (χ3n) is 4.32. The van der Waals surface area contributed by atoms with E-state index in [4.69, 9.17) is 0 Å². The number of Topliss-reactive ketones (excluding diaryl/α,β-unsaturated/α-hetero) is 1. The standard InChI is InChI=1S/C11H18O2/c1-7-3-4-8-9(12)5-6-11(7,2)10(8)13/h7-9,12H,3-6H2,1-2H3/t7-,8+,9?,11+/m1/s1. The zero-order valence-corrected chi connectivity index (χ0v) is 8.42. The van der Waals surface area contributed by atoms with Crippen molar-refractivity contribution in [2.45, 2.75) is 45.6 Å². The second-order valence-electron chi connectivity index (χ2n) is 4.97. The van der Waals surface area contributed by atoms with Crippen molar-refractivity contribution >= 4 is 5.78 Å². The molecule has 74 valence electrons. The molecular formula is C11H18O2. The second kappa shape index (κ2) is 2.81. The summed E-state index contributed by atoms with van der Waals surface area (Å²) in [5.41, 5.74) is -0.123. The number of aliphatic hydroxyl groups is 1. The van der Waals surface area contributed by atoms with E-state index < -0.39 is 0 Å². The maximum Gasteiger partial charge on any atom is 0.144 e. The molecular weight excluding hydrogens is 164 g/mol. The first-order valence-electron chi connectivity index (χ1n) is 5.28. The highest BCUT2D eigenvalue weighted by atomic mass is 16.3. The molecule has 4 atom stereocenters. The minimum atomic E-state index is -0.354. The van der Waals surface area contributed by atoms with E-state index in [-0.39, 0.29) is 17.4 Å². The molecule has 1 unspecified atom stereocenters. The minimum absolute atomic E-state index is 0.0463. The van der Waals surface area contributed by atoms with Crippen molar-refractivity contribution in [2.24, 2.45) is 17.3 Å². The molecule has 2 nitrogen and oxygen atoms in total. The lowest BCUT2D eigenvalue weighted by molar-refractivity contribution is -0.150. The Balaban J connectivity index is 2.30. The molecule has 2 fully saturated rings. The molecule has 0 aromatic heterocycles. The van der Waals surface area contributed by atoms with Crippen molar-refractivity contribution in [1.82, 2.24) is 0 Å². The van der Waals surface area contributed by atoms with Gasteiger partial charge in [-0.15, -0.1) is 0 Å². The van der Waals surface area contributed by atoms with Crippen LogP contribution < -0.4 is 0 Å². The Hall–Kier alpha value is -0.370. The van der Waals surface area contributed by atoms with Crippen LogP contribution in [0.2, 0.25) is 0 Å². The summed E-state index contributed by atoms with van der Waals surface area (Å²) >= 11 is 0. The van der Waals surface area contributed by atoms with Gasteiger partial charge in [0.05, 0.1) is 6.10 Å². The molecule has 13 heavy (non-hydrogen) atoms. The number of carbonyl (C=O) groups excluding carboxylic acids is 1. The SMILES string of the molecule is C[C@@H]1CC[C@@H]2C(=O)[C@@]1(C)CCC2O. The number of rotatable bonds is 0. The third-order valence-corrected chi connectivity index (χ3v) is 4.32. The van der Waals surface area contributed by atoms with Gasteiger partial charge >= 0.3 is 0 Å². The van der Waals surface area contributed by atoms with Crippen LogP contribution in [0.25, 0.3) is 0 Å². The van der Waals surface area contributed by atoms with E-state index >= 15 is 0 Å². The Morgan fingerprint density at radius 3 is 2.77 bits per heavy atom. The first-order chi connectivity index (χ1) is 6.05. The molecule has 0 saturated heterocycles. The summed E-state index contributed by atoms with van der Waals surface area (Å²) in [6.07, 6.45) is 3.34. The molecule has 0 radical (unpaired) electrons. The highest BCUT2D eigenvalue weighted by Gasteiger charge is 2.50. The summed E-state index contributed by atoms with van der Waals surface area (Å²) < 4.78 is 0. The van der Waals surface area contributed by atoms with Crippen molar-refractivity contribution in [3.05, 3.63) is 0 Å². The van der Waals surface area contributed by atoms with Crippen molar-refractivity contribution < 1.29 is 9.90 Å². The summed E-state index contributed by atoms with van der Waals surface area (Å²) in [7, 11) is 0. The zero-order valence-electron chi connectivity index (χ0n) is 8.42. The van der Waals surface area contributed by atoms with Crippen molar-refractivity contribution in [2.75, 3.05) is 0 Å². The molecule has 2 rings (SSSR count). The van der Waals surface area contributed by atoms with Crippen LogP contribution in [-0.2, 0) is 4.79 Å². The van der Waals surface area contributed by atoms with Gasteiger partial charge in [-0.3, -0.25) is 4.79 Å². The van der Waals surface area contributed by atoms with Gasteiger partial charge < -0.3 is 5.11 Å². The molecule has 2 aliphatic carbocycles. The maximum absolute atomic E-state index is 12.0. The van der Waals surface area contributed by atoms with Crippen LogP contribution in [-0.4, -0.2) is 17.0 Å². The maximum atomic E-state index is 12.0. The van der Waals surface area contributed by atoms with Crippen molar-refractivity contribution in [1.29, 1.82) is 0 Å². The van der Waals surface area contributed by atoms with E-state index in [1.54, 1.807) is 0 Å². The second-order valence-corrected chi connectivity index (χ2v) is 4.97. The predicted octanol–water partition coefficient (Wildman–Crippen LogP) is 1.76. The first-order valence-corrected chi connectivity index (χ1v) is 5.28. The number of aliphatic hydroxyl groups excluding tert-OH is 1. The van der Waals surface area contributed by atoms with E-state index in [1.807, 2.05) is 0 Å². The topological polar surface area (TPSA) is 37.3 Å². The Morgan fingerprint density at radius 1 is 1.38 bits per heavy atom. The van der Waals surface area contributed by atoms with Gasteiger partial charge in [0.1, 0.15) is 5.78 Å². The van der Waals surface area contributed by atoms with Gasteiger partial charge in [-0.05, 0) is 31.6 Å². The summed E-state index contributed by atoms with van der Waals surface area (Å²) in [5.74, 6) is 0.781. The molecule has 1 N–H and O–H groups in total. The zero-order chi connectivity index (χ0) is 9.64. The monoisotopic (exact) mass is 182 g/mol. The minimum Gasteiger partial charge on any atom is -0.392 e. The van der Waals surface area contributed by atoms with Gasteiger partial charge in [-0.2, -0.15) is 0 Å². The van der Waals surface area contributed by atoms with Crippen LogP contribution in [0.5, 0.6) is 0 Å². The van der Waals surface area contributed by atoms with E-state index in [1.165, 1.54) is 0 Å². The van der Waals surface area contributed by atoms with E-state index in [9.17, 15) is 9.90 Å². The van der Waals surface area contributed by atoms with Crippen LogP contribution >= 0.6 is 0 Å². The number of fused-ring (bicyclic) bond motifs is 2. The highest BCUT2D eigenvalue weighted by molar-refractivity contribution is 5.89. The number of ketones is 1. The van der Waals surface area contributed by atoms with E-state index in [0.29, 0.717) is 11.7 Å². The van der Waals surface area contributed by atoms with E-state index in [2.05, 4.69) is 13.8 Å². The summed E-state index contributed by atoms with van der Waals surface area (Å²) in [4.78, 5) is 12.0. The normalized spacial score (nSPS) is 50.7. The van der Waals surface area contributed by atoms with Gasteiger partial charge in [0, 0.05) is 11.3 Å². The molecule has 0 spiro atoms. The smallest absolute Gasteiger partial charge is 0.144 e. The molecule has 2 aliphatic rings.